The maximum absolute atomic E-state index is 12.6. The van der Waals surface area contributed by atoms with Crippen LogP contribution in [-0.2, 0) is 11.4 Å². The van der Waals surface area contributed by atoms with E-state index >= 15 is 0 Å². The number of hydrogen-bond donors (Lipinski definition) is 3. The summed E-state index contributed by atoms with van der Waals surface area (Å²) in [4.78, 5) is 33.3. The first-order valence-electron chi connectivity index (χ1n) is 10.8. The molecule has 8 heteroatoms. The van der Waals surface area contributed by atoms with Crippen molar-refractivity contribution in [2.45, 2.75) is 19.4 Å². The first-order chi connectivity index (χ1) is 16.5. The number of benzene rings is 2. The van der Waals surface area contributed by atoms with E-state index in [1.54, 1.807) is 54.1 Å². The van der Waals surface area contributed by atoms with Crippen LogP contribution in [0, 0.1) is 6.92 Å². The highest BCUT2D eigenvalue weighted by molar-refractivity contribution is 5.95. The molecule has 2 aromatic carbocycles. The molecule has 0 spiro atoms. The molecule has 0 saturated heterocycles. The third-order valence-electron chi connectivity index (χ3n) is 5.38. The number of rotatable bonds is 8. The number of para-hydroxylation sites is 1. The van der Waals surface area contributed by atoms with Gasteiger partial charge in [0.05, 0.1) is 17.1 Å². The molecule has 4 rings (SSSR count). The highest BCUT2D eigenvalue weighted by Crippen LogP contribution is 2.21. The van der Waals surface area contributed by atoms with Crippen LogP contribution in [0.2, 0.25) is 0 Å². The summed E-state index contributed by atoms with van der Waals surface area (Å²) in [6, 6.07) is 21.8. The number of carbonyl (C=O) groups excluding carboxylic acids is 2. The van der Waals surface area contributed by atoms with E-state index in [2.05, 4.69) is 15.3 Å². The van der Waals surface area contributed by atoms with E-state index < -0.39 is 11.8 Å². The Bertz CT molecular complexity index is 1290. The molecule has 4 aromatic rings. The van der Waals surface area contributed by atoms with Gasteiger partial charge < -0.3 is 10.1 Å². The summed E-state index contributed by atoms with van der Waals surface area (Å²) < 4.78 is 5.94. The fourth-order valence-electron chi connectivity index (χ4n) is 3.67. The number of ether oxygens (including phenoxy) is 1. The zero-order valence-electron chi connectivity index (χ0n) is 18.6. The molecule has 0 aliphatic rings. The molecule has 1 atom stereocenters. The Kier molecular flexibility index (Phi) is 7.10. The maximum Gasteiger partial charge on any atom is 0.254 e. The molecule has 0 bridgehead atoms. The molecule has 0 radical (unpaired) electrons. The van der Waals surface area contributed by atoms with Crippen molar-refractivity contribution in [1.29, 1.82) is 0 Å². The van der Waals surface area contributed by atoms with E-state index in [1.165, 1.54) is 0 Å². The second-order valence-corrected chi connectivity index (χ2v) is 7.75. The van der Waals surface area contributed by atoms with Crippen LogP contribution in [0.1, 0.15) is 33.2 Å². The summed E-state index contributed by atoms with van der Waals surface area (Å²) in [5.41, 5.74) is 5.36. The molecule has 1 unspecified atom stereocenters. The Hall–Kier alpha value is -4.30. The number of fused-ring (bicyclic) bond motifs is 1. The number of carbonyl (C=O) groups is 2. The predicted octanol–water partition coefficient (Wildman–Crippen LogP) is 3.54. The van der Waals surface area contributed by atoms with Crippen molar-refractivity contribution in [3.63, 3.8) is 0 Å². The summed E-state index contributed by atoms with van der Waals surface area (Å²) in [7, 11) is 0. The van der Waals surface area contributed by atoms with Gasteiger partial charge in [-0.15, -0.1) is 0 Å². The van der Waals surface area contributed by atoms with Gasteiger partial charge in [0, 0.05) is 34.9 Å². The molecular formula is C26H24N4O4. The average molecular weight is 457 g/mol. The molecule has 0 saturated carbocycles. The number of amides is 2. The van der Waals surface area contributed by atoms with Crippen LogP contribution in [0.3, 0.4) is 0 Å². The molecule has 0 aliphatic heterocycles. The molecule has 0 aliphatic carbocycles. The third-order valence-corrected chi connectivity index (χ3v) is 5.38. The summed E-state index contributed by atoms with van der Waals surface area (Å²) >= 11 is 0. The highest BCUT2D eigenvalue weighted by atomic mass is 16.5. The summed E-state index contributed by atoms with van der Waals surface area (Å²) in [5.74, 6) is -1.20. The van der Waals surface area contributed by atoms with E-state index in [9.17, 15) is 9.59 Å². The molecule has 3 N–H and O–H groups in total. The largest absolute Gasteiger partial charge is 0.489 e. The Morgan fingerprint density at radius 3 is 2.53 bits per heavy atom. The van der Waals surface area contributed by atoms with Gasteiger partial charge >= 0.3 is 0 Å². The van der Waals surface area contributed by atoms with E-state index in [0.717, 1.165) is 22.2 Å². The topological polar surface area (TPSA) is 113 Å². The van der Waals surface area contributed by atoms with Crippen molar-refractivity contribution in [1.82, 2.24) is 20.8 Å². The number of pyridine rings is 2. The fourth-order valence-corrected chi connectivity index (χ4v) is 3.67. The minimum Gasteiger partial charge on any atom is -0.489 e. The van der Waals surface area contributed by atoms with Gasteiger partial charge in [0.1, 0.15) is 12.4 Å². The van der Waals surface area contributed by atoms with Crippen molar-refractivity contribution in [2.24, 2.45) is 0 Å². The number of nitrogens with zero attached hydrogens (tertiary/aromatic N) is 2. The number of aromatic nitrogens is 2. The number of nitrogens with one attached hydrogen (secondary N) is 2. The quantitative estimate of drug-likeness (QED) is 0.276. The minimum absolute atomic E-state index is 0.0189. The first-order valence-corrected chi connectivity index (χ1v) is 10.8. The fraction of sp³-hybridized carbons (Fsp3) is 0.154. The third kappa shape index (κ3) is 5.36. The maximum atomic E-state index is 12.6. The van der Waals surface area contributed by atoms with Gasteiger partial charge in [-0.2, -0.15) is 0 Å². The predicted molar refractivity (Wildman–Crippen MR) is 126 cm³/mol. The lowest BCUT2D eigenvalue weighted by Crippen LogP contribution is -2.36. The van der Waals surface area contributed by atoms with E-state index in [-0.39, 0.29) is 12.5 Å². The molecular weight excluding hydrogens is 432 g/mol. The second kappa shape index (κ2) is 10.5. The van der Waals surface area contributed by atoms with Crippen molar-refractivity contribution >= 4 is 22.7 Å². The van der Waals surface area contributed by atoms with Crippen LogP contribution in [0.5, 0.6) is 5.75 Å². The van der Waals surface area contributed by atoms with E-state index in [0.29, 0.717) is 23.6 Å². The van der Waals surface area contributed by atoms with Crippen LogP contribution in [-0.4, -0.2) is 33.5 Å². The molecule has 172 valence electrons. The van der Waals surface area contributed by atoms with Gasteiger partial charge in [0.25, 0.3) is 11.8 Å². The Morgan fingerprint density at radius 1 is 1.03 bits per heavy atom. The summed E-state index contributed by atoms with van der Waals surface area (Å²) in [6.45, 7) is 2.30. The van der Waals surface area contributed by atoms with Crippen molar-refractivity contribution < 1.29 is 19.5 Å². The summed E-state index contributed by atoms with van der Waals surface area (Å²) in [5, 5.41) is 12.8. The first kappa shape index (κ1) is 22.9. The second-order valence-electron chi connectivity index (χ2n) is 7.75. The number of hydroxylamine groups is 1. The highest BCUT2D eigenvalue weighted by Gasteiger charge is 2.22. The van der Waals surface area contributed by atoms with Crippen LogP contribution < -0.4 is 15.5 Å². The van der Waals surface area contributed by atoms with E-state index in [1.807, 2.05) is 37.3 Å². The molecule has 0 fully saturated rings. The van der Waals surface area contributed by atoms with Crippen molar-refractivity contribution in [3.8, 4) is 5.75 Å². The van der Waals surface area contributed by atoms with Crippen LogP contribution in [0.25, 0.3) is 10.9 Å². The number of hydrogen-bond acceptors (Lipinski definition) is 6. The van der Waals surface area contributed by atoms with Gasteiger partial charge in [-0.3, -0.25) is 24.8 Å². The van der Waals surface area contributed by atoms with Gasteiger partial charge in [-0.05, 0) is 55.5 Å². The zero-order chi connectivity index (χ0) is 23.9. The molecule has 8 nitrogen and oxygen atoms in total. The van der Waals surface area contributed by atoms with Gasteiger partial charge in [0.2, 0.25) is 0 Å². The Balaban J connectivity index is 1.39. The Labute approximate surface area is 196 Å². The Morgan fingerprint density at radius 2 is 1.79 bits per heavy atom. The SMILES string of the molecule is Cc1cc(COc2ccc(C(=O)NCC(C(=O)NO)c3ccccn3)cc2)c2ccccc2n1. The molecule has 34 heavy (non-hydrogen) atoms. The van der Waals surface area contributed by atoms with Crippen LogP contribution in [0.4, 0.5) is 0 Å². The average Bonchev–Trinajstić information content (AvgIpc) is 2.88. The standard InChI is InChI=1S/C26H24N4O4/c1-17-14-19(21-6-2-3-8-24(21)29-17)16-34-20-11-9-18(10-12-20)25(31)28-15-22(26(32)30-33)23-7-4-5-13-27-23/h2-14,22,33H,15-16H2,1H3,(H,28,31)(H,30,32). The lowest BCUT2D eigenvalue weighted by Gasteiger charge is -2.15. The van der Waals surface area contributed by atoms with Gasteiger partial charge in [-0.25, -0.2) is 5.48 Å². The van der Waals surface area contributed by atoms with Gasteiger partial charge in [0.15, 0.2) is 0 Å². The summed E-state index contributed by atoms with van der Waals surface area (Å²) in [6.07, 6.45) is 1.55. The normalized spacial score (nSPS) is 11.6. The minimum atomic E-state index is -0.823. The number of aryl methyl sites for hydroxylation is 1. The van der Waals surface area contributed by atoms with Crippen LogP contribution in [0.15, 0.2) is 79.0 Å². The monoisotopic (exact) mass is 456 g/mol. The zero-order valence-corrected chi connectivity index (χ0v) is 18.6. The smallest absolute Gasteiger partial charge is 0.254 e. The lowest BCUT2D eigenvalue weighted by molar-refractivity contribution is -0.130. The van der Waals surface area contributed by atoms with E-state index in [4.69, 9.17) is 9.94 Å². The molecule has 2 aromatic heterocycles. The van der Waals surface area contributed by atoms with Gasteiger partial charge in [-0.1, -0.05) is 24.3 Å². The molecule has 2 heterocycles. The van der Waals surface area contributed by atoms with Crippen molar-refractivity contribution in [3.05, 3.63) is 102 Å². The lowest BCUT2D eigenvalue weighted by atomic mass is 10.0. The van der Waals surface area contributed by atoms with Crippen molar-refractivity contribution in [2.75, 3.05) is 6.54 Å². The molecule has 2 amide bonds. The van der Waals surface area contributed by atoms with Crippen LogP contribution >= 0.6 is 0 Å².